The van der Waals surface area contributed by atoms with E-state index in [1.54, 1.807) is 25.4 Å². The molecule has 1 aliphatic rings. The van der Waals surface area contributed by atoms with Gasteiger partial charge in [0.05, 0.1) is 21.0 Å². The average Bonchev–Trinajstić information content (AvgIpc) is 3.53. The first-order valence-electron chi connectivity index (χ1n) is 13.8. The van der Waals surface area contributed by atoms with Crippen molar-refractivity contribution in [3.05, 3.63) is 41.7 Å². The van der Waals surface area contributed by atoms with Crippen molar-refractivity contribution in [1.82, 2.24) is 24.8 Å². The fourth-order valence-electron chi connectivity index (χ4n) is 4.83. The number of carbonyl (C=O) groups excluding carboxylic acids is 1. The van der Waals surface area contributed by atoms with E-state index in [1.165, 1.54) is 11.3 Å². The van der Waals surface area contributed by atoms with Crippen molar-refractivity contribution in [2.24, 2.45) is 0 Å². The summed E-state index contributed by atoms with van der Waals surface area (Å²) in [5, 5.41) is 11.6. The number of thiazole rings is 1. The molecule has 0 aliphatic heterocycles. The van der Waals surface area contributed by atoms with Gasteiger partial charge in [-0.05, 0) is 72.4 Å². The molecule has 0 saturated heterocycles. The van der Waals surface area contributed by atoms with Gasteiger partial charge in [0.15, 0.2) is 0 Å². The highest BCUT2D eigenvalue weighted by molar-refractivity contribution is 7.89. The molecule has 10 nitrogen and oxygen atoms in total. The van der Waals surface area contributed by atoms with Crippen LogP contribution in [0.3, 0.4) is 0 Å². The molecule has 0 bridgehead atoms. The third-order valence-corrected chi connectivity index (χ3v) is 9.40. The molecular formula is C28H40N6O4S2. The number of hydrogen-bond acceptors (Lipinski definition) is 8. The van der Waals surface area contributed by atoms with Crippen LogP contribution in [-0.2, 0) is 14.8 Å². The molecule has 0 radical (unpaired) electrons. The zero-order valence-corrected chi connectivity index (χ0v) is 25.7. The molecule has 2 heterocycles. The third kappa shape index (κ3) is 7.41. The van der Waals surface area contributed by atoms with E-state index in [-0.39, 0.29) is 35.5 Å². The number of nitrogens with zero attached hydrogens (tertiary/aromatic N) is 3. The van der Waals surface area contributed by atoms with Crippen molar-refractivity contribution in [2.45, 2.75) is 95.7 Å². The van der Waals surface area contributed by atoms with Crippen molar-refractivity contribution < 1.29 is 17.9 Å². The fourth-order valence-corrected chi connectivity index (χ4v) is 7.30. The van der Waals surface area contributed by atoms with Crippen LogP contribution in [0.1, 0.15) is 84.2 Å². The Hall–Kier alpha value is -2.96. The molecule has 4 rings (SSSR count). The normalized spacial score (nSPS) is 18.1. The molecule has 1 fully saturated rings. The standard InChI is InChI=1S/C28H40N6O4S2/c1-7-31-40(36,37)24-16-21(32-25-14-15-30-34(25)18(2)3)12-13-22(24)23-17-29-26(39-23)19-8-10-20(11-9-19)33-27(35)38-28(4,5)6/h12-20,31-32H,7-11H2,1-6H3,(H,33,35). The summed E-state index contributed by atoms with van der Waals surface area (Å²) in [5.74, 6) is 1.05. The maximum absolute atomic E-state index is 13.3. The van der Waals surface area contributed by atoms with Gasteiger partial charge in [0.2, 0.25) is 10.0 Å². The first-order chi connectivity index (χ1) is 18.9. The molecule has 0 spiro atoms. The number of rotatable bonds is 9. The van der Waals surface area contributed by atoms with E-state index in [1.807, 2.05) is 57.5 Å². The minimum Gasteiger partial charge on any atom is -0.444 e. The van der Waals surface area contributed by atoms with Crippen molar-refractivity contribution in [3.8, 4) is 10.4 Å². The van der Waals surface area contributed by atoms with Gasteiger partial charge in [0, 0.05) is 48.1 Å². The second-order valence-electron chi connectivity index (χ2n) is 11.3. The van der Waals surface area contributed by atoms with Crippen LogP contribution in [0.15, 0.2) is 41.6 Å². The van der Waals surface area contributed by atoms with Gasteiger partial charge in [-0.1, -0.05) is 13.0 Å². The summed E-state index contributed by atoms with van der Waals surface area (Å²) in [4.78, 5) is 17.9. The molecule has 1 aliphatic carbocycles. The Bertz CT molecular complexity index is 1420. The third-order valence-electron chi connectivity index (χ3n) is 6.62. The Kier molecular flexibility index (Phi) is 9.21. The van der Waals surface area contributed by atoms with Gasteiger partial charge >= 0.3 is 6.09 Å². The molecular weight excluding hydrogens is 548 g/mol. The van der Waals surface area contributed by atoms with Crippen molar-refractivity contribution in [1.29, 1.82) is 0 Å². The van der Waals surface area contributed by atoms with Gasteiger partial charge < -0.3 is 15.4 Å². The van der Waals surface area contributed by atoms with Crippen molar-refractivity contribution in [2.75, 3.05) is 11.9 Å². The summed E-state index contributed by atoms with van der Waals surface area (Å²) in [7, 11) is -3.75. The van der Waals surface area contributed by atoms with Crippen LogP contribution in [0.4, 0.5) is 16.3 Å². The van der Waals surface area contributed by atoms with Gasteiger partial charge in [0.1, 0.15) is 11.4 Å². The molecule has 3 aromatic rings. The number of amides is 1. The lowest BCUT2D eigenvalue weighted by Crippen LogP contribution is -2.40. The van der Waals surface area contributed by atoms with E-state index in [4.69, 9.17) is 9.72 Å². The van der Waals surface area contributed by atoms with E-state index in [0.717, 1.165) is 41.4 Å². The molecule has 1 aromatic carbocycles. The summed E-state index contributed by atoms with van der Waals surface area (Å²) in [6.07, 6.45) is 6.57. The predicted molar refractivity (Wildman–Crippen MR) is 159 cm³/mol. The largest absolute Gasteiger partial charge is 0.444 e. The van der Waals surface area contributed by atoms with Crippen LogP contribution < -0.4 is 15.4 Å². The molecule has 0 unspecified atom stereocenters. The molecule has 218 valence electrons. The average molecular weight is 589 g/mol. The maximum Gasteiger partial charge on any atom is 0.407 e. The lowest BCUT2D eigenvalue weighted by atomic mass is 9.86. The first kappa shape index (κ1) is 30.0. The zero-order valence-electron chi connectivity index (χ0n) is 24.0. The number of benzene rings is 1. The molecule has 3 N–H and O–H groups in total. The Morgan fingerprint density at radius 1 is 1.18 bits per heavy atom. The van der Waals surface area contributed by atoms with Crippen LogP contribution in [0.2, 0.25) is 0 Å². The molecule has 40 heavy (non-hydrogen) atoms. The topological polar surface area (TPSA) is 127 Å². The maximum atomic E-state index is 13.3. The van der Waals surface area contributed by atoms with Crippen LogP contribution >= 0.6 is 11.3 Å². The lowest BCUT2D eigenvalue weighted by Gasteiger charge is -2.29. The van der Waals surface area contributed by atoms with Gasteiger partial charge in [-0.3, -0.25) is 0 Å². The number of carbonyl (C=O) groups is 1. The van der Waals surface area contributed by atoms with Crippen LogP contribution in [0.25, 0.3) is 10.4 Å². The highest BCUT2D eigenvalue weighted by Crippen LogP contribution is 2.40. The lowest BCUT2D eigenvalue weighted by molar-refractivity contribution is 0.0491. The van der Waals surface area contributed by atoms with Crippen LogP contribution in [0, 0.1) is 0 Å². The number of hydrogen-bond donors (Lipinski definition) is 3. The second-order valence-corrected chi connectivity index (χ2v) is 14.1. The van der Waals surface area contributed by atoms with E-state index >= 15 is 0 Å². The number of sulfonamides is 1. The Morgan fingerprint density at radius 2 is 1.90 bits per heavy atom. The summed E-state index contributed by atoms with van der Waals surface area (Å²) < 4.78 is 36.4. The SMILES string of the molecule is CCNS(=O)(=O)c1cc(Nc2ccnn2C(C)C)ccc1-c1cnc(C2CCC(NC(=O)OC(C)(C)C)CC2)s1. The molecule has 2 aromatic heterocycles. The number of aromatic nitrogens is 3. The number of alkyl carbamates (subject to hydrolysis) is 1. The van der Waals surface area contributed by atoms with E-state index in [2.05, 4.69) is 20.5 Å². The number of nitrogens with one attached hydrogen (secondary N) is 3. The van der Waals surface area contributed by atoms with E-state index in [0.29, 0.717) is 11.3 Å². The molecule has 0 atom stereocenters. The van der Waals surface area contributed by atoms with Gasteiger partial charge in [-0.25, -0.2) is 27.6 Å². The summed E-state index contributed by atoms with van der Waals surface area (Å²) in [5.41, 5.74) is 0.749. The Balaban J connectivity index is 1.52. The van der Waals surface area contributed by atoms with Gasteiger partial charge in [0.25, 0.3) is 0 Å². The van der Waals surface area contributed by atoms with Crippen LogP contribution in [0.5, 0.6) is 0 Å². The van der Waals surface area contributed by atoms with E-state index < -0.39 is 15.6 Å². The fraction of sp³-hybridized carbons (Fsp3) is 0.536. The smallest absolute Gasteiger partial charge is 0.407 e. The summed E-state index contributed by atoms with van der Waals surface area (Å²) >= 11 is 1.53. The molecule has 1 amide bonds. The first-order valence-corrected chi connectivity index (χ1v) is 16.1. The predicted octanol–water partition coefficient (Wildman–Crippen LogP) is 6.18. The zero-order chi connectivity index (χ0) is 29.1. The highest BCUT2D eigenvalue weighted by Gasteiger charge is 2.28. The van der Waals surface area contributed by atoms with Gasteiger partial charge in [-0.15, -0.1) is 11.3 Å². The quantitative estimate of drug-likeness (QED) is 0.272. The van der Waals surface area contributed by atoms with Gasteiger partial charge in [-0.2, -0.15) is 5.10 Å². The Labute approximate surface area is 241 Å². The van der Waals surface area contributed by atoms with Crippen LogP contribution in [-0.4, -0.2) is 47.5 Å². The highest BCUT2D eigenvalue weighted by atomic mass is 32.2. The minimum absolute atomic E-state index is 0.0782. The number of ether oxygens (including phenoxy) is 1. The summed E-state index contributed by atoms with van der Waals surface area (Å²) in [6, 6.07) is 7.47. The molecule has 12 heteroatoms. The Morgan fingerprint density at radius 3 is 2.55 bits per heavy atom. The van der Waals surface area contributed by atoms with Crippen molar-refractivity contribution >= 4 is 39.0 Å². The van der Waals surface area contributed by atoms with Crippen molar-refractivity contribution in [3.63, 3.8) is 0 Å². The minimum atomic E-state index is -3.75. The van der Waals surface area contributed by atoms with E-state index in [9.17, 15) is 13.2 Å². The number of anilines is 2. The second kappa shape index (κ2) is 12.3. The summed E-state index contributed by atoms with van der Waals surface area (Å²) in [6.45, 7) is 11.7. The monoisotopic (exact) mass is 588 g/mol. The molecule has 1 saturated carbocycles.